The molecule has 0 aliphatic heterocycles. The Hall–Kier alpha value is -2.56. The molecule has 0 saturated heterocycles. The number of aromatic amines is 1. The van der Waals surface area contributed by atoms with Crippen LogP contribution in [0.4, 0.5) is 5.82 Å². The van der Waals surface area contributed by atoms with Gasteiger partial charge in [0.25, 0.3) is 0 Å². The van der Waals surface area contributed by atoms with Crippen LogP contribution in [0.15, 0.2) is 12.4 Å². The van der Waals surface area contributed by atoms with Crippen LogP contribution >= 0.6 is 0 Å². The highest BCUT2D eigenvalue weighted by atomic mass is 15.5. The number of nitrogens with one attached hydrogen (secondary N) is 2. The molecular weight excluding hydrogens is 208 g/mol. The van der Waals surface area contributed by atoms with Crippen molar-refractivity contribution < 1.29 is 0 Å². The topological polar surface area (TPSA) is 116 Å². The van der Waals surface area contributed by atoms with Gasteiger partial charge in [0.15, 0.2) is 17.3 Å². The third kappa shape index (κ3) is 1.93. The number of anilines is 1. The van der Waals surface area contributed by atoms with Gasteiger partial charge in [-0.1, -0.05) is 5.21 Å². The second kappa shape index (κ2) is 4.31. The monoisotopic (exact) mass is 216 g/mol. The third-order valence-electron chi connectivity index (χ3n) is 1.91. The molecule has 0 aliphatic rings. The summed E-state index contributed by atoms with van der Waals surface area (Å²) in [5.41, 5.74) is 0.234. The number of nitrogens with zero attached hydrogens (tertiary/aromatic N) is 6. The molecule has 2 aromatic heterocycles. The van der Waals surface area contributed by atoms with Gasteiger partial charge >= 0.3 is 0 Å². The lowest BCUT2D eigenvalue weighted by Crippen LogP contribution is -2.11. The van der Waals surface area contributed by atoms with E-state index in [4.69, 9.17) is 5.26 Å². The summed E-state index contributed by atoms with van der Waals surface area (Å²) in [7, 11) is 0. The minimum Gasteiger partial charge on any atom is -0.358 e. The van der Waals surface area contributed by atoms with Crippen LogP contribution < -0.4 is 5.32 Å². The summed E-state index contributed by atoms with van der Waals surface area (Å²) >= 11 is 0. The van der Waals surface area contributed by atoms with Gasteiger partial charge in [0.2, 0.25) is 0 Å². The predicted molar refractivity (Wildman–Crippen MR) is 53.0 cm³/mol. The molecule has 0 spiro atoms. The first-order chi connectivity index (χ1) is 7.81. The molecule has 8 heteroatoms. The highest BCUT2D eigenvalue weighted by Crippen LogP contribution is 2.14. The molecule has 0 aromatic carbocycles. The van der Waals surface area contributed by atoms with Crippen molar-refractivity contribution in [3.05, 3.63) is 23.9 Å². The number of H-pyrrole nitrogens is 1. The van der Waals surface area contributed by atoms with Crippen LogP contribution in [0.2, 0.25) is 0 Å². The largest absolute Gasteiger partial charge is 0.358 e. The van der Waals surface area contributed by atoms with Gasteiger partial charge in [-0.15, -0.1) is 10.2 Å². The minimum atomic E-state index is -0.206. The normalized spacial score (nSPS) is 11.8. The fourth-order valence-electron chi connectivity index (χ4n) is 1.15. The lowest BCUT2D eigenvalue weighted by atomic mass is 10.3. The van der Waals surface area contributed by atoms with Gasteiger partial charge < -0.3 is 5.32 Å². The average molecular weight is 216 g/mol. The molecule has 1 atom stereocenters. The fourth-order valence-corrected chi connectivity index (χ4v) is 1.15. The number of hydrogen-bond acceptors (Lipinski definition) is 7. The fraction of sp³-hybridized carbons (Fsp3) is 0.250. The van der Waals surface area contributed by atoms with Crippen LogP contribution in [0.25, 0.3) is 0 Å². The molecule has 0 aliphatic carbocycles. The van der Waals surface area contributed by atoms with E-state index in [2.05, 4.69) is 35.9 Å². The van der Waals surface area contributed by atoms with E-state index in [1.54, 1.807) is 0 Å². The first kappa shape index (κ1) is 9.97. The van der Waals surface area contributed by atoms with Crippen LogP contribution in [0.3, 0.4) is 0 Å². The maximum absolute atomic E-state index is 8.82. The molecule has 0 saturated carbocycles. The molecule has 0 bridgehead atoms. The first-order valence-electron chi connectivity index (χ1n) is 4.52. The summed E-state index contributed by atoms with van der Waals surface area (Å²) in [5, 5.41) is 25.3. The molecule has 8 nitrogen and oxygen atoms in total. The number of aromatic nitrogens is 6. The van der Waals surface area contributed by atoms with Gasteiger partial charge in [0.1, 0.15) is 6.07 Å². The predicted octanol–water partition coefficient (Wildman–Crippen LogP) is 0.0345. The first-order valence-corrected chi connectivity index (χ1v) is 4.52. The maximum Gasteiger partial charge on any atom is 0.196 e. The molecule has 2 N–H and O–H groups in total. The van der Waals surface area contributed by atoms with Crippen molar-refractivity contribution in [2.75, 3.05) is 5.32 Å². The van der Waals surface area contributed by atoms with Crippen molar-refractivity contribution in [3.63, 3.8) is 0 Å². The van der Waals surface area contributed by atoms with E-state index < -0.39 is 0 Å². The van der Waals surface area contributed by atoms with E-state index >= 15 is 0 Å². The Morgan fingerprint density at radius 2 is 2.25 bits per heavy atom. The van der Waals surface area contributed by atoms with Gasteiger partial charge in [0, 0.05) is 12.4 Å². The third-order valence-corrected chi connectivity index (χ3v) is 1.91. The quantitative estimate of drug-likeness (QED) is 0.743. The van der Waals surface area contributed by atoms with Gasteiger partial charge in [-0.3, -0.25) is 0 Å². The Morgan fingerprint density at radius 1 is 1.44 bits per heavy atom. The lowest BCUT2D eigenvalue weighted by Gasteiger charge is -2.10. The zero-order valence-electron chi connectivity index (χ0n) is 8.42. The smallest absolute Gasteiger partial charge is 0.196 e. The molecule has 1 unspecified atom stereocenters. The van der Waals surface area contributed by atoms with E-state index in [0.717, 1.165) is 0 Å². The van der Waals surface area contributed by atoms with E-state index in [0.29, 0.717) is 11.6 Å². The summed E-state index contributed by atoms with van der Waals surface area (Å²) in [6, 6.07) is 1.74. The highest BCUT2D eigenvalue weighted by Gasteiger charge is 2.13. The molecule has 0 radical (unpaired) electrons. The van der Waals surface area contributed by atoms with Crippen LogP contribution in [-0.2, 0) is 0 Å². The Bertz CT molecular complexity index is 499. The van der Waals surface area contributed by atoms with Crippen LogP contribution in [0, 0.1) is 11.3 Å². The summed E-state index contributed by atoms with van der Waals surface area (Å²) < 4.78 is 0. The number of rotatable bonds is 3. The maximum atomic E-state index is 8.82. The Morgan fingerprint density at radius 3 is 2.94 bits per heavy atom. The van der Waals surface area contributed by atoms with Crippen LogP contribution in [0.1, 0.15) is 24.5 Å². The van der Waals surface area contributed by atoms with Gasteiger partial charge in [-0.25, -0.2) is 9.97 Å². The summed E-state index contributed by atoms with van der Waals surface area (Å²) in [6.07, 6.45) is 2.97. The molecule has 0 fully saturated rings. The number of tetrazole rings is 1. The second-order valence-electron chi connectivity index (χ2n) is 3.00. The molecule has 2 rings (SSSR count). The molecular formula is C8H8N8. The number of hydrogen-bond donors (Lipinski definition) is 2. The van der Waals surface area contributed by atoms with E-state index in [9.17, 15) is 0 Å². The van der Waals surface area contributed by atoms with Crippen molar-refractivity contribution in [1.82, 2.24) is 30.6 Å². The zero-order valence-corrected chi connectivity index (χ0v) is 8.42. The lowest BCUT2D eigenvalue weighted by molar-refractivity contribution is 0.785. The van der Waals surface area contributed by atoms with E-state index in [1.165, 1.54) is 12.4 Å². The van der Waals surface area contributed by atoms with Crippen LogP contribution in [-0.4, -0.2) is 30.6 Å². The summed E-state index contributed by atoms with van der Waals surface area (Å²) in [4.78, 5) is 7.90. The van der Waals surface area contributed by atoms with Crippen LogP contribution in [0.5, 0.6) is 0 Å². The Labute approximate surface area is 90.7 Å². The molecule has 2 heterocycles. The number of nitriles is 1. The average Bonchev–Trinajstić information content (AvgIpc) is 2.83. The van der Waals surface area contributed by atoms with E-state index in [1.807, 2.05) is 13.0 Å². The highest BCUT2D eigenvalue weighted by molar-refractivity contribution is 5.47. The Balaban J connectivity index is 2.19. The summed E-state index contributed by atoms with van der Waals surface area (Å²) in [6.45, 7) is 1.83. The summed E-state index contributed by atoms with van der Waals surface area (Å²) in [5.74, 6) is 0.900. The van der Waals surface area contributed by atoms with Gasteiger partial charge in [-0.2, -0.15) is 10.5 Å². The second-order valence-corrected chi connectivity index (χ2v) is 3.00. The standard InChI is InChI=1S/C8H8N8/c1-5(7-13-15-16-14-7)12-8-6(4-9)10-2-3-11-8/h2-3,5H,1H3,(H,11,12)(H,13,14,15,16). The van der Waals surface area contributed by atoms with Gasteiger partial charge in [-0.05, 0) is 6.92 Å². The van der Waals surface area contributed by atoms with Crippen molar-refractivity contribution in [1.29, 1.82) is 5.26 Å². The van der Waals surface area contributed by atoms with Crippen molar-refractivity contribution >= 4 is 5.82 Å². The molecule has 0 amide bonds. The van der Waals surface area contributed by atoms with Crippen molar-refractivity contribution in [3.8, 4) is 6.07 Å². The minimum absolute atomic E-state index is 0.206. The molecule has 80 valence electrons. The molecule has 16 heavy (non-hydrogen) atoms. The zero-order chi connectivity index (χ0) is 11.4. The van der Waals surface area contributed by atoms with Crippen molar-refractivity contribution in [2.45, 2.75) is 13.0 Å². The SMILES string of the molecule is CC(Nc1nccnc1C#N)c1nn[nH]n1. The van der Waals surface area contributed by atoms with Crippen molar-refractivity contribution in [2.24, 2.45) is 0 Å². The Kier molecular flexibility index (Phi) is 2.69. The molecule has 2 aromatic rings. The van der Waals surface area contributed by atoms with Gasteiger partial charge in [0.05, 0.1) is 6.04 Å². The van der Waals surface area contributed by atoms with E-state index in [-0.39, 0.29) is 11.7 Å².